The molecule has 2 aromatic heterocycles. The molecule has 3 heterocycles. The summed E-state index contributed by atoms with van der Waals surface area (Å²) in [5, 5.41) is 6.94. The normalized spacial score (nSPS) is 14.1. The van der Waals surface area contributed by atoms with Crippen molar-refractivity contribution in [2.24, 2.45) is 0 Å². The van der Waals surface area contributed by atoms with Crippen molar-refractivity contribution in [2.45, 2.75) is 17.7 Å². The van der Waals surface area contributed by atoms with Crippen LogP contribution in [0.1, 0.15) is 12.8 Å². The summed E-state index contributed by atoms with van der Waals surface area (Å²) in [5.41, 5.74) is 5.04. The highest BCUT2D eigenvalue weighted by molar-refractivity contribution is 7.94. The Hall–Kier alpha value is -3.39. The third-order valence-corrected chi connectivity index (χ3v) is 7.47. The van der Waals surface area contributed by atoms with Crippen molar-refractivity contribution in [2.75, 3.05) is 33.4 Å². The largest absolute Gasteiger partial charge is 0.492 e. The fraction of sp³-hybridized carbons (Fsp3) is 0.241. The molecule has 0 radical (unpaired) electrons. The minimum atomic E-state index is 0.725. The molecule has 0 atom stereocenters. The molecule has 0 aliphatic carbocycles. The van der Waals surface area contributed by atoms with Gasteiger partial charge in [0.2, 0.25) is 0 Å². The number of likely N-dealkylation sites (tertiary alicyclic amines) is 1. The van der Waals surface area contributed by atoms with Gasteiger partial charge in [-0.15, -0.1) is 0 Å². The van der Waals surface area contributed by atoms with Gasteiger partial charge in [0.15, 0.2) is 5.65 Å². The van der Waals surface area contributed by atoms with Crippen LogP contribution in [0, 0.1) is 0 Å². The SMILES string of the molecule is COSc1ccc(-c2cnn3cc(-c4ccc(OCCN5CCCC5)cc4)cnc23)c2ccccc12. The van der Waals surface area contributed by atoms with E-state index in [4.69, 9.17) is 13.9 Å². The van der Waals surface area contributed by atoms with Crippen molar-refractivity contribution in [3.63, 3.8) is 0 Å². The van der Waals surface area contributed by atoms with Crippen molar-refractivity contribution in [1.29, 1.82) is 0 Å². The van der Waals surface area contributed by atoms with E-state index in [2.05, 4.69) is 58.5 Å². The van der Waals surface area contributed by atoms with Crippen LogP contribution in [0.2, 0.25) is 0 Å². The Balaban J connectivity index is 1.24. The van der Waals surface area contributed by atoms with Crippen molar-refractivity contribution < 1.29 is 8.92 Å². The summed E-state index contributed by atoms with van der Waals surface area (Å²) in [6, 6.07) is 20.8. The zero-order chi connectivity index (χ0) is 24.3. The first kappa shape index (κ1) is 23.0. The lowest BCUT2D eigenvalue weighted by Gasteiger charge is -2.15. The van der Waals surface area contributed by atoms with Crippen LogP contribution in [0.3, 0.4) is 0 Å². The lowest BCUT2D eigenvalue weighted by atomic mass is 10.00. The zero-order valence-corrected chi connectivity index (χ0v) is 21.1. The van der Waals surface area contributed by atoms with Gasteiger partial charge in [-0.05, 0) is 66.0 Å². The Morgan fingerprint density at radius 3 is 2.47 bits per heavy atom. The molecule has 0 saturated carbocycles. The molecule has 36 heavy (non-hydrogen) atoms. The number of ether oxygens (including phenoxy) is 1. The molecule has 0 amide bonds. The van der Waals surface area contributed by atoms with E-state index in [9.17, 15) is 0 Å². The van der Waals surface area contributed by atoms with Crippen molar-refractivity contribution in [3.05, 3.63) is 79.3 Å². The van der Waals surface area contributed by atoms with Crippen molar-refractivity contribution in [1.82, 2.24) is 19.5 Å². The lowest BCUT2D eigenvalue weighted by molar-refractivity contribution is 0.238. The van der Waals surface area contributed by atoms with Crippen LogP contribution in [0.15, 0.2) is 84.1 Å². The van der Waals surface area contributed by atoms with Gasteiger partial charge in [-0.2, -0.15) is 5.10 Å². The highest BCUT2D eigenvalue weighted by Gasteiger charge is 2.14. The molecular formula is C29H28N4O2S. The van der Waals surface area contributed by atoms with E-state index in [1.165, 1.54) is 38.0 Å². The smallest absolute Gasteiger partial charge is 0.162 e. The van der Waals surface area contributed by atoms with Crippen molar-refractivity contribution >= 4 is 28.5 Å². The predicted molar refractivity (Wildman–Crippen MR) is 145 cm³/mol. The molecule has 1 saturated heterocycles. The van der Waals surface area contributed by atoms with Gasteiger partial charge in [0, 0.05) is 47.0 Å². The monoisotopic (exact) mass is 496 g/mol. The highest BCUT2D eigenvalue weighted by atomic mass is 32.2. The van der Waals surface area contributed by atoms with Crippen LogP contribution < -0.4 is 4.74 Å². The number of rotatable bonds is 8. The minimum absolute atomic E-state index is 0.725. The van der Waals surface area contributed by atoms with Gasteiger partial charge >= 0.3 is 0 Å². The van der Waals surface area contributed by atoms with E-state index >= 15 is 0 Å². The molecule has 1 aliphatic heterocycles. The number of fused-ring (bicyclic) bond motifs is 2. The average Bonchev–Trinajstić information content (AvgIpc) is 3.59. The minimum Gasteiger partial charge on any atom is -0.492 e. The number of nitrogens with zero attached hydrogens (tertiary/aromatic N) is 4. The molecule has 7 heteroatoms. The number of hydrogen-bond acceptors (Lipinski definition) is 6. The van der Waals surface area contributed by atoms with Gasteiger partial charge < -0.3 is 8.92 Å². The second-order valence-electron chi connectivity index (χ2n) is 9.00. The van der Waals surface area contributed by atoms with Crippen LogP contribution >= 0.6 is 12.0 Å². The van der Waals surface area contributed by atoms with Crippen molar-refractivity contribution in [3.8, 4) is 28.0 Å². The van der Waals surface area contributed by atoms with E-state index in [-0.39, 0.29) is 0 Å². The summed E-state index contributed by atoms with van der Waals surface area (Å²) in [6.07, 6.45) is 8.46. The third kappa shape index (κ3) is 4.57. The third-order valence-electron chi connectivity index (χ3n) is 6.77. The van der Waals surface area contributed by atoms with E-state index in [0.29, 0.717) is 0 Å². The number of benzene rings is 3. The Morgan fingerprint density at radius 1 is 0.861 bits per heavy atom. The van der Waals surface area contributed by atoms with Gasteiger partial charge in [-0.3, -0.25) is 4.90 Å². The quantitative estimate of drug-likeness (QED) is 0.234. The van der Waals surface area contributed by atoms with Crippen LogP contribution in [-0.2, 0) is 4.18 Å². The molecule has 0 bridgehead atoms. The van der Waals surface area contributed by atoms with Gasteiger partial charge in [-0.1, -0.05) is 42.5 Å². The summed E-state index contributed by atoms with van der Waals surface area (Å²) < 4.78 is 13.1. The first-order chi connectivity index (χ1) is 17.8. The molecule has 1 aliphatic rings. The van der Waals surface area contributed by atoms with Gasteiger partial charge in [0.05, 0.1) is 13.3 Å². The van der Waals surface area contributed by atoms with E-state index in [1.54, 1.807) is 7.11 Å². The van der Waals surface area contributed by atoms with Gasteiger partial charge in [0.25, 0.3) is 0 Å². The van der Waals surface area contributed by atoms with Crippen LogP contribution in [0.25, 0.3) is 38.7 Å². The summed E-state index contributed by atoms with van der Waals surface area (Å²) in [6.45, 7) is 4.11. The summed E-state index contributed by atoms with van der Waals surface area (Å²) in [4.78, 5) is 8.36. The molecule has 182 valence electrons. The lowest BCUT2D eigenvalue weighted by Crippen LogP contribution is -2.25. The molecule has 3 aromatic carbocycles. The fourth-order valence-corrected chi connectivity index (χ4v) is 5.50. The highest BCUT2D eigenvalue weighted by Crippen LogP contribution is 2.36. The summed E-state index contributed by atoms with van der Waals surface area (Å²) in [7, 11) is 1.69. The zero-order valence-electron chi connectivity index (χ0n) is 20.3. The standard InChI is InChI=1S/C29H28N4O2S/c1-34-36-28-13-12-25(24-6-2-3-7-26(24)28)27-19-31-33-20-22(18-30-29(27)33)21-8-10-23(11-9-21)35-17-16-32-14-4-5-15-32/h2-3,6-13,18-20H,4-5,14-17H2,1H3. The van der Waals surface area contributed by atoms with E-state index in [1.807, 2.05) is 35.2 Å². The first-order valence-corrected chi connectivity index (χ1v) is 13.1. The average molecular weight is 497 g/mol. The second-order valence-corrected chi connectivity index (χ2v) is 9.94. The Labute approximate surface area is 215 Å². The van der Waals surface area contributed by atoms with Crippen LogP contribution in [-0.4, -0.2) is 52.8 Å². The molecule has 6 nitrogen and oxygen atoms in total. The summed E-state index contributed by atoms with van der Waals surface area (Å²) in [5.74, 6) is 0.898. The number of aromatic nitrogens is 3. The molecule has 0 N–H and O–H groups in total. The maximum atomic E-state index is 5.96. The first-order valence-electron chi connectivity index (χ1n) is 12.3. The Bertz CT molecular complexity index is 1490. The molecule has 1 fully saturated rings. The Kier molecular flexibility index (Phi) is 6.59. The maximum absolute atomic E-state index is 5.96. The van der Waals surface area contributed by atoms with Crippen LogP contribution in [0.4, 0.5) is 0 Å². The maximum Gasteiger partial charge on any atom is 0.162 e. The van der Waals surface area contributed by atoms with E-state index < -0.39 is 0 Å². The topological polar surface area (TPSA) is 51.9 Å². The molecule has 0 spiro atoms. The Morgan fingerprint density at radius 2 is 1.67 bits per heavy atom. The molecule has 0 unspecified atom stereocenters. The van der Waals surface area contributed by atoms with Gasteiger partial charge in [0.1, 0.15) is 12.4 Å². The number of hydrogen-bond donors (Lipinski definition) is 0. The van der Waals surface area contributed by atoms with E-state index in [0.717, 1.165) is 62.5 Å². The van der Waals surface area contributed by atoms with Crippen LogP contribution in [0.5, 0.6) is 5.75 Å². The predicted octanol–water partition coefficient (Wildman–Crippen LogP) is 6.34. The molecule has 5 aromatic rings. The molecule has 6 rings (SSSR count). The molecular weight excluding hydrogens is 468 g/mol. The second kappa shape index (κ2) is 10.3. The van der Waals surface area contributed by atoms with Gasteiger partial charge in [-0.25, -0.2) is 9.50 Å². The summed E-state index contributed by atoms with van der Waals surface area (Å²) >= 11 is 1.38. The fourth-order valence-electron chi connectivity index (χ4n) is 4.92.